The van der Waals surface area contributed by atoms with Crippen LogP contribution < -0.4 is 0 Å². The molecule has 0 aliphatic heterocycles. The first kappa shape index (κ1) is 14.0. The molecule has 0 unspecified atom stereocenters. The summed E-state index contributed by atoms with van der Waals surface area (Å²) in [6, 6.07) is 0.704. The smallest absolute Gasteiger partial charge is 0.127 e. The van der Waals surface area contributed by atoms with Crippen molar-refractivity contribution in [3.05, 3.63) is 0 Å². The van der Waals surface area contributed by atoms with Gasteiger partial charge in [0.25, 0.3) is 0 Å². The predicted molar refractivity (Wildman–Crippen MR) is 75.6 cm³/mol. The van der Waals surface area contributed by atoms with Crippen molar-refractivity contribution in [2.75, 3.05) is 13.6 Å². The summed E-state index contributed by atoms with van der Waals surface area (Å²) in [4.78, 5) is 13.9. The number of hydrogen-bond acceptors (Lipinski definition) is 2. The maximum absolute atomic E-state index is 11.4. The quantitative estimate of drug-likeness (QED) is 0.711. The van der Waals surface area contributed by atoms with Crippen molar-refractivity contribution in [1.29, 1.82) is 0 Å². The van der Waals surface area contributed by atoms with E-state index < -0.39 is 0 Å². The molecule has 0 atom stereocenters. The molecular weight excluding hydrogens is 222 g/mol. The molecule has 0 radical (unpaired) electrons. The van der Waals surface area contributed by atoms with Gasteiger partial charge in [-0.3, -0.25) is 0 Å². The van der Waals surface area contributed by atoms with Gasteiger partial charge in [-0.05, 0) is 51.0 Å². The lowest BCUT2D eigenvalue weighted by Crippen LogP contribution is -2.43. The molecule has 2 rings (SSSR count). The molecular formula is C16H29NO. The van der Waals surface area contributed by atoms with E-state index in [9.17, 15) is 4.79 Å². The Morgan fingerprint density at radius 3 is 2.17 bits per heavy atom. The molecule has 0 spiro atoms. The fraction of sp³-hybridized carbons (Fsp3) is 0.938. The fourth-order valence-corrected chi connectivity index (χ4v) is 3.84. The Morgan fingerprint density at radius 2 is 1.67 bits per heavy atom. The van der Waals surface area contributed by atoms with Crippen molar-refractivity contribution in [3.8, 4) is 0 Å². The first-order chi connectivity index (χ1) is 8.46. The molecule has 2 heteroatoms. The van der Waals surface area contributed by atoms with E-state index in [-0.39, 0.29) is 5.41 Å². The van der Waals surface area contributed by atoms with E-state index in [0.717, 1.165) is 19.4 Å². The Morgan fingerprint density at radius 1 is 1.11 bits per heavy atom. The minimum Gasteiger partial charge on any atom is -0.303 e. The van der Waals surface area contributed by atoms with Crippen LogP contribution in [-0.2, 0) is 4.79 Å². The van der Waals surface area contributed by atoms with Gasteiger partial charge in [0.05, 0.1) is 0 Å². The fourth-order valence-electron chi connectivity index (χ4n) is 3.84. The average Bonchev–Trinajstić information content (AvgIpc) is 2.78. The van der Waals surface area contributed by atoms with Crippen LogP contribution in [0.15, 0.2) is 0 Å². The van der Waals surface area contributed by atoms with E-state index in [1.54, 1.807) is 0 Å². The molecule has 18 heavy (non-hydrogen) atoms. The van der Waals surface area contributed by atoms with Crippen LogP contribution in [0, 0.1) is 10.8 Å². The summed E-state index contributed by atoms with van der Waals surface area (Å²) >= 11 is 0. The molecule has 2 fully saturated rings. The molecule has 0 heterocycles. The maximum atomic E-state index is 11.4. The second-order valence-electron chi connectivity index (χ2n) is 7.50. The Labute approximate surface area is 112 Å². The van der Waals surface area contributed by atoms with Crippen LogP contribution in [0.3, 0.4) is 0 Å². The third-order valence-electron chi connectivity index (χ3n) is 5.35. The van der Waals surface area contributed by atoms with Gasteiger partial charge in [-0.15, -0.1) is 0 Å². The highest BCUT2D eigenvalue weighted by Crippen LogP contribution is 2.40. The summed E-state index contributed by atoms with van der Waals surface area (Å²) in [7, 11) is 2.23. The van der Waals surface area contributed by atoms with Crippen molar-refractivity contribution in [2.24, 2.45) is 10.8 Å². The molecule has 0 aromatic heterocycles. The first-order valence-electron chi connectivity index (χ1n) is 7.63. The van der Waals surface area contributed by atoms with Crippen molar-refractivity contribution >= 4 is 6.29 Å². The lowest BCUT2D eigenvalue weighted by molar-refractivity contribution is -0.117. The Hall–Kier alpha value is -0.370. The zero-order valence-corrected chi connectivity index (χ0v) is 12.4. The molecule has 2 aliphatic carbocycles. The summed E-state index contributed by atoms with van der Waals surface area (Å²) in [5.41, 5.74) is 0.523. The molecule has 0 N–H and O–H groups in total. The summed E-state index contributed by atoms with van der Waals surface area (Å²) in [5.74, 6) is 0. The van der Waals surface area contributed by atoms with Gasteiger partial charge < -0.3 is 9.69 Å². The number of rotatable bonds is 4. The van der Waals surface area contributed by atoms with Gasteiger partial charge in [0, 0.05) is 18.0 Å². The SMILES string of the molecule is CN(CC1(C=O)CCCC1)C1CCC(C)(C)CC1. The zero-order valence-electron chi connectivity index (χ0n) is 12.4. The number of carbonyl (C=O) groups excluding carboxylic acids is 1. The van der Waals surface area contributed by atoms with E-state index >= 15 is 0 Å². The molecule has 0 amide bonds. The highest BCUT2D eigenvalue weighted by atomic mass is 16.1. The van der Waals surface area contributed by atoms with E-state index in [4.69, 9.17) is 0 Å². The zero-order chi connectivity index (χ0) is 13.2. The van der Waals surface area contributed by atoms with Crippen LogP contribution >= 0.6 is 0 Å². The van der Waals surface area contributed by atoms with Crippen LogP contribution in [-0.4, -0.2) is 30.8 Å². The number of carbonyl (C=O) groups is 1. The van der Waals surface area contributed by atoms with E-state index in [1.165, 1.54) is 44.8 Å². The summed E-state index contributed by atoms with van der Waals surface area (Å²) in [6.45, 7) is 5.75. The minimum atomic E-state index is -0.0122. The van der Waals surface area contributed by atoms with Gasteiger partial charge in [0.2, 0.25) is 0 Å². The van der Waals surface area contributed by atoms with Crippen LogP contribution in [0.1, 0.15) is 65.2 Å². The van der Waals surface area contributed by atoms with Gasteiger partial charge in [-0.2, -0.15) is 0 Å². The van der Waals surface area contributed by atoms with Crippen LogP contribution in [0.4, 0.5) is 0 Å². The molecule has 2 saturated carbocycles. The highest BCUT2D eigenvalue weighted by molar-refractivity contribution is 5.60. The van der Waals surface area contributed by atoms with Gasteiger partial charge in [-0.1, -0.05) is 26.7 Å². The Kier molecular flexibility index (Phi) is 4.15. The molecule has 0 aromatic rings. The number of hydrogen-bond donors (Lipinski definition) is 0. The van der Waals surface area contributed by atoms with Gasteiger partial charge in [-0.25, -0.2) is 0 Å². The van der Waals surface area contributed by atoms with E-state index in [2.05, 4.69) is 25.8 Å². The third-order valence-corrected chi connectivity index (χ3v) is 5.35. The van der Waals surface area contributed by atoms with Crippen molar-refractivity contribution in [2.45, 2.75) is 71.3 Å². The normalized spacial score (nSPS) is 27.6. The monoisotopic (exact) mass is 251 g/mol. The highest BCUT2D eigenvalue weighted by Gasteiger charge is 2.37. The molecule has 0 aromatic carbocycles. The van der Waals surface area contributed by atoms with E-state index in [0.29, 0.717) is 11.5 Å². The largest absolute Gasteiger partial charge is 0.303 e. The molecule has 0 saturated heterocycles. The summed E-state index contributed by atoms with van der Waals surface area (Å²) in [5, 5.41) is 0. The van der Waals surface area contributed by atoms with Crippen molar-refractivity contribution < 1.29 is 4.79 Å². The first-order valence-corrected chi connectivity index (χ1v) is 7.63. The molecule has 2 aliphatic rings. The maximum Gasteiger partial charge on any atom is 0.127 e. The van der Waals surface area contributed by atoms with Gasteiger partial charge in [0.15, 0.2) is 0 Å². The second kappa shape index (κ2) is 5.32. The molecule has 2 nitrogen and oxygen atoms in total. The minimum absolute atomic E-state index is 0.0122. The summed E-state index contributed by atoms with van der Waals surface area (Å²) in [6.07, 6.45) is 11.2. The Balaban J connectivity index is 1.88. The van der Waals surface area contributed by atoms with Crippen LogP contribution in [0.5, 0.6) is 0 Å². The third kappa shape index (κ3) is 3.14. The van der Waals surface area contributed by atoms with Gasteiger partial charge >= 0.3 is 0 Å². The standard InChI is InChI=1S/C16H29NO/c1-15(2)10-6-14(7-11-15)17(3)12-16(13-18)8-4-5-9-16/h13-14H,4-12H2,1-3H3. The molecule has 104 valence electrons. The van der Waals surface area contributed by atoms with Crippen LogP contribution in [0.25, 0.3) is 0 Å². The van der Waals surface area contributed by atoms with Gasteiger partial charge in [0.1, 0.15) is 6.29 Å². The van der Waals surface area contributed by atoms with E-state index in [1.807, 2.05) is 0 Å². The van der Waals surface area contributed by atoms with Crippen LogP contribution in [0.2, 0.25) is 0 Å². The number of nitrogens with zero attached hydrogens (tertiary/aromatic N) is 1. The van der Waals surface area contributed by atoms with Crippen molar-refractivity contribution in [1.82, 2.24) is 4.90 Å². The second-order valence-corrected chi connectivity index (χ2v) is 7.50. The average molecular weight is 251 g/mol. The lowest BCUT2D eigenvalue weighted by atomic mass is 9.75. The topological polar surface area (TPSA) is 20.3 Å². The number of aldehydes is 1. The summed E-state index contributed by atoms with van der Waals surface area (Å²) < 4.78 is 0. The molecule has 0 bridgehead atoms. The van der Waals surface area contributed by atoms with Crippen molar-refractivity contribution in [3.63, 3.8) is 0 Å². The lowest BCUT2D eigenvalue weighted by Gasteiger charge is -2.41. The Bertz CT molecular complexity index is 281. The predicted octanol–water partition coefficient (Wildman–Crippen LogP) is 3.65.